The van der Waals surface area contributed by atoms with Gasteiger partial charge in [-0.25, -0.2) is 4.79 Å². The van der Waals surface area contributed by atoms with Crippen LogP contribution in [-0.4, -0.2) is 21.1 Å². The Bertz CT molecular complexity index is 456. The van der Waals surface area contributed by atoms with E-state index in [1.165, 1.54) is 13.8 Å². The van der Waals surface area contributed by atoms with E-state index in [0.717, 1.165) is 0 Å². The fraction of sp³-hybridized carbons (Fsp3) is 0.222. The van der Waals surface area contributed by atoms with Gasteiger partial charge in [-0.3, -0.25) is 10.1 Å². The average molecular weight is 246 g/mol. The molecule has 86 valence electrons. The molecule has 0 unspecified atom stereocenters. The molecule has 7 heteroatoms. The predicted molar refractivity (Wildman–Crippen MR) is 56.2 cm³/mol. The van der Waals surface area contributed by atoms with Gasteiger partial charge < -0.3 is 10.2 Å². The molecule has 0 spiro atoms. The van der Waals surface area contributed by atoms with Gasteiger partial charge in [0, 0.05) is 5.56 Å². The van der Waals surface area contributed by atoms with Gasteiger partial charge >= 0.3 is 11.7 Å². The number of hydrogen-bond acceptors (Lipinski definition) is 4. The minimum atomic E-state index is -1.46. The van der Waals surface area contributed by atoms with Gasteiger partial charge in [0.15, 0.2) is 0 Å². The zero-order valence-electron chi connectivity index (χ0n) is 8.44. The molecule has 0 radical (unpaired) electrons. The van der Waals surface area contributed by atoms with E-state index in [1.807, 2.05) is 0 Å². The number of carboxylic acids is 1. The van der Waals surface area contributed by atoms with Gasteiger partial charge in [0.2, 0.25) is 5.75 Å². The summed E-state index contributed by atoms with van der Waals surface area (Å²) in [4.78, 5) is 20.7. The van der Waals surface area contributed by atoms with Gasteiger partial charge in [-0.05, 0) is 19.4 Å². The van der Waals surface area contributed by atoms with E-state index < -0.39 is 27.9 Å². The molecular weight excluding hydrogens is 238 g/mol. The number of aromatic carboxylic acids is 1. The summed E-state index contributed by atoms with van der Waals surface area (Å²) < 4.78 is 0. The van der Waals surface area contributed by atoms with Gasteiger partial charge in [-0.15, -0.1) is 0 Å². The van der Waals surface area contributed by atoms with Crippen LogP contribution in [0.3, 0.4) is 0 Å². The first-order valence-electron chi connectivity index (χ1n) is 4.18. The molecule has 0 fully saturated rings. The number of nitro benzene ring substituents is 1. The van der Waals surface area contributed by atoms with E-state index in [2.05, 4.69) is 0 Å². The molecule has 1 aromatic rings. The summed E-state index contributed by atoms with van der Waals surface area (Å²) >= 11 is 5.77. The number of rotatable bonds is 2. The number of aromatic hydroxyl groups is 1. The van der Waals surface area contributed by atoms with Crippen LogP contribution in [0, 0.1) is 24.0 Å². The second-order valence-corrected chi connectivity index (χ2v) is 3.58. The number of phenols is 1. The van der Waals surface area contributed by atoms with Gasteiger partial charge in [0.25, 0.3) is 0 Å². The highest BCUT2D eigenvalue weighted by Crippen LogP contribution is 2.40. The maximum Gasteiger partial charge on any atom is 0.340 e. The normalized spacial score (nSPS) is 10.2. The summed E-state index contributed by atoms with van der Waals surface area (Å²) in [6.45, 7) is 2.72. The van der Waals surface area contributed by atoms with E-state index in [9.17, 15) is 20.0 Å². The van der Waals surface area contributed by atoms with Gasteiger partial charge in [0.05, 0.1) is 9.95 Å². The van der Waals surface area contributed by atoms with Gasteiger partial charge in [0.1, 0.15) is 5.56 Å². The molecule has 0 aliphatic heterocycles. The maximum atomic E-state index is 10.8. The van der Waals surface area contributed by atoms with Crippen molar-refractivity contribution in [1.29, 1.82) is 0 Å². The fourth-order valence-electron chi connectivity index (χ4n) is 1.45. The molecule has 16 heavy (non-hydrogen) atoms. The van der Waals surface area contributed by atoms with Crippen LogP contribution in [0.1, 0.15) is 21.5 Å². The molecule has 0 aromatic heterocycles. The van der Waals surface area contributed by atoms with Gasteiger partial charge in [-0.2, -0.15) is 0 Å². The second kappa shape index (κ2) is 3.97. The van der Waals surface area contributed by atoms with Crippen LogP contribution >= 0.6 is 11.6 Å². The first-order valence-corrected chi connectivity index (χ1v) is 4.56. The maximum absolute atomic E-state index is 10.8. The summed E-state index contributed by atoms with van der Waals surface area (Å²) in [7, 11) is 0. The molecule has 0 heterocycles. The van der Waals surface area contributed by atoms with E-state index in [-0.39, 0.29) is 16.1 Å². The number of nitro groups is 1. The van der Waals surface area contributed by atoms with Crippen LogP contribution in [0.25, 0.3) is 0 Å². The van der Waals surface area contributed by atoms with Crippen molar-refractivity contribution in [3.63, 3.8) is 0 Å². The Kier molecular flexibility index (Phi) is 3.04. The summed E-state index contributed by atoms with van der Waals surface area (Å²) in [5, 5.41) is 29.0. The smallest absolute Gasteiger partial charge is 0.340 e. The standard InChI is InChI=1S/C9H8ClNO5/c1-3-5(9(13)14)8(12)7(11(15)16)4(2)6(3)10/h12H,1-2H3,(H,13,14). The SMILES string of the molecule is Cc1c(Cl)c(C)c([N+](=O)[O-])c(O)c1C(=O)O. The number of carbonyl (C=O) groups is 1. The molecule has 0 saturated heterocycles. The number of nitrogens with zero attached hydrogens (tertiary/aromatic N) is 1. The summed E-state index contributed by atoms with van der Waals surface area (Å²) in [6.07, 6.45) is 0. The molecule has 0 saturated carbocycles. The Hall–Kier alpha value is -1.82. The van der Waals surface area contributed by atoms with Crippen LogP contribution in [0.4, 0.5) is 5.69 Å². The molecule has 0 bridgehead atoms. The number of carboxylic acid groups (broad SMARTS) is 1. The first kappa shape index (κ1) is 12.3. The highest BCUT2D eigenvalue weighted by atomic mass is 35.5. The number of halogens is 1. The molecule has 1 aromatic carbocycles. The minimum Gasteiger partial charge on any atom is -0.501 e. The molecular formula is C9H8ClNO5. The van der Waals surface area contributed by atoms with Crippen molar-refractivity contribution < 1.29 is 19.9 Å². The summed E-state index contributed by atoms with van der Waals surface area (Å²) in [5.41, 5.74) is -1.06. The Balaban J connectivity index is 3.80. The third-order valence-electron chi connectivity index (χ3n) is 2.25. The topological polar surface area (TPSA) is 101 Å². The molecule has 2 N–H and O–H groups in total. The van der Waals surface area contributed by atoms with E-state index in [1.54, 1.807) is 0 Å². The lowest BCUT2D eigenvalue weighted by Crippen LogP contribution is -2.05. The van der Waals surface area contributed by atoms with Crippen molar-refractivity contribution in [1.82, 2.24) is 0 Å². The summed E-state index contributed by atoms with van der Waals surface area (Å²) in [5.74, 6) is -2.32. The first-order chi connectivity index (χ1) is 7.29. The molecule has 0 aliphatic rings. The van der Waals surface area contributed by atoms with Crippen molar-refractivity contribution in [2.45, 2.75) is 13.8 Å². The third kappa shape index (κ3) is 1.67. The predicted octanol–water partition coefficient (Wildman–Crippen LogP) is 2.27. The van der Waals surface area contributed by atoms with Crippen LogP contribution < -0.4 is 0 Å². The average Bonchev–Trinajstić information content (AvgIpc) is 2.13. The highest BCUT2D eigenvalue weighted by Gasteiger charge is 2.29. The number of hydrogen-bond donors (Lipinski definition) is 2. The van der Waals surface area contributed by atoms with Crippen molar-refractivity contribution in [3.8, 4) is 5.75 Å². The van der Waals surface area contributed by atoms with Crippen LogP contribution in [0.2, 0.25) is 5.02 Å². The van der Waals surface area contributed by atoms with E-state index in [0.29, 0.717) is 0 Å². The lowest BCUT2D eigenvalue weighted by molar-refractivity contribution is -0.386. The monoisotopic (exact) mass is 245 g/mol. The van der Waals surface area contributed by atoms with Crippen LogP contribution in [0.15, 0.2) is 0 Å². The van der Waals surface area contributed by atoms with Crippen LogP contribution in [0.5, 0.6) is 5.75 Å². The zero-order chi connectivity index (χ0) is 12.6. The molecule has 1 rings (SSSR count). The highest BCUT2D eigenvalue weighted by molar-refractivity contribution is 6.33. The van der Waals surface area contributed by atoms with Crippen molar-refractivity contribution >= 4 is 23.3 Å². The van der Waals surface area contributed by atoms with Crippen LogP contribution in [-0.2, 0) is 0 Å². The van der Waals surface area contributed by atoms with E-state index >= 15 is 0 Å². The van der Waals surface area contributed by atoms with E-state index in [4.69, 9.17) is 16.7 Å². The van der Waals surface area contributed by atoms with Crippen molar-refractivity contribution in [2.24, 2.45) is 0 Å². The third-order valence-corrected chi connectivity index (χ3v) is 2.81. The molecule has 0 atom stereocenters. The zero-order valence-corrected chi connectivity index (χ0v) is 9.20. The largest absolute Gasteiger partial charge is 0.501 e. The Morgan fingerprint density at radius 1 is 1.38 bits per heavy atom. The summed E-state index contributed by atoms with van der Waals surface area (Å²) in [6, 6.07) is 0. The number of benzene rings is 1. The van der Waals surface area contributed by atoms with Gasteiger partial charge in [-0.1, -0.05) is 11.6 Å². The quantitative estimate of drug-likeness (QED) is 0.615. The fourth-order valence-corrected chi connectivity index (χ4v) is 1.64. The molecule has 0 aliphatic carbocycles. The lowest BCUT2D eigenvalue weighted by Gasteiger charge is -2.09. The lowest BCUT2D eigenvalue weighted by atomic mass is 10.0. The minimum absolute atomic E-state index is 0.0260. The Morgan fingerprint density at radius 2 is 1.88 bits per heavy atom. The van der Waals surface area contributed by atoms with Crippen molar-refractivity contribution in [2.75, 3.05) is 0 Å². The Labute approximate surface area is 95.2 Å². The second-order valence-electron chi connectivity index (χ2n) is 3.20. The molecule has 6 nitrogen and oxygen atoms in total. The van der Waals surface area contributed by atoms with Crippen molar-refractivity contribution in [3.05, 3.63) is 31.8 Å². The molecule has 0 amide bonds. The Morgan fingerprint density at radius 3 is 2.25 bits per heavy atom.